The van der Waals surface area contributed by atoms with Gasteiger partial charge in [0.15, 0.2) is 6.10 Å². The predicted octanol–water partition coefficient (Wildman–Crippen LogP) is 3.38. The van der Waals surface area contributed by atoms with E-state index in [0.717, 1.165) is 10.9 Å². The predicted molar refractivity (Wildman–Crippen MR) is 76.7 cm³/mol. The third kappa shape index (κ3) is 5.54. The van der Waals surface area contributed by atoms with Gasteiger partial charge in [0.2, 0.25) is 0 Å². The highest BCUT2D eigenvalue weighted by Gasteiger charge is 2.14. The van der Waals surface area contributed by atoms with E-state index in [0.29, 0.717) is 18.2 Å². The molecule has 100 valence electrons. The van der Waals surface area contributed by atoms with E-state index in [-0.39, 0.29) is 5.91 Å². The minimum atomic E-state index is -0.480. The van der Waals surface area contributed by atoms with Crippen molar-refractivity contribution in [3.63, 3.8) is 0 Å². The summed E-state index contributed by atoms with van der Waals surface area (Å²) in [6.07, 6.45) is 0.501. The van der Waals surface area contributed by atoms with E-state index in [1.165, 1.54) is 0 Å². The lowest BCUT2D eigenvalue weighted by Crippen LogP contribution is -2.37. The molecule has 18 heavy (non-hydrogen) atoms. The van der Waals surface area contributed by atoms with Gasteiger partial charge in [-0.25, -0.2) is 0 Å². The van der Waals surface area contributed by atoms with Crippen LogP contribution < -0.4 is 10.1 Å². The number of amides is 1. The van der Waals surface area contributed by atoms with Gasteiger partial charge in [0, 0.05) is 11.0 Å². The maximum atomic E-state index is 11.8. The molecule has 4 heteroatoms. The lowest BCUT2D eigenvalue weighted by atomic mass is 10.1. The number of rotatable bonds is 6. The van der Waals surface area contributed by atoms with E-state index in [4.69, 9.17) is 4.74 Å². The monoisotopic (exact) mass is 313 g/mol. The van der Waals surface area contributed by atoms with Gasteiger partial charge in [0.1, 0.15) is 5.75 Å². The number of nitrogens with one attached hydrogen (secondary N) is 1. The Morgan fingerprint density at radius 3 is 2.72 bits per heavy atom. The van der Waals surface area contributed by atoms with Crippen molar-refractivity contribution < 1.29 is 9.53 Å². The van der Waals surface area contributed by atoms with Gasteiger partial charge in [-0.1, -0.05) is 35.8 Å². The summed E-state index contributed by atoms with van der Waals surface area (Å²) in [6.45, 7) is 6.72. The van der Waals surface area contributed by atoms with Gasteiger partial charge in [-0.3, -0.25) is 4.79 Å². The fourth-order valence-corrected chi connectivity index (χ4v) is 1.80. The average Bonchev–Trinajstić information content (AvgIpc) is 2.28. The van der Waals surface area contributed by atoms with E-state index < -0.39 is 6.10 Å². The number of carbonyl (C=O) groups excluding carboxylic acids is 1. The van der Waals surface area contributed by atoms with Gasteiger partial charge in [-0.05, 0) is 37.5 Å². The first-order chi connectivity index (χ1) is 8.49. The number of hydrogen-bond acceptors (Lipinski definition) is 2. The van der Waals surface area contributed by atoms with E-state index in [1.807, 2.05) is 24.3 Å². The first kappa shape index (κ1) is 15.0. The Hall–Kier alpha value is -1.03. The van der Waals surface area contributed by atoms with Crippen LogP contribution in [0.2, 0.25) is 0 Å². The molecule has 1 N–H and O–H groups in total. The van der Waals surface area contributed by atoms with Crippen molar-refractivity contribution in [2.45, 2.75) is 33.3 Å². The van der Waals surface area contributed by atoms with Crippen LogP contribution >= 0.6 is 15.9 Å². The molecular weight excluding hydrogens is 294 g/mol. The standard InChI is InChI=1S/C14H20BrNO2/c1-10(2)7-8-16-14(17)11(3)18-13-6-4-5-12(15)9-13/h4-6,9-11H,7-8H2,1-3H3,(H,16,17). The molecule has 0 bridgehead atoms. The quantitative estimate of drug-likeness (QED) is 0.874. The molecule has 0 saturated carbocycles. The second kappa shape index (κ2) is 7.41. The van der Waals surface area contributed by atoms with E-state index in [9.17, 15) is 4.79 Å². The molecule has 1 atom stereocenters. The molecule has 0 fully saturated rings. The fraction of sp³-hybridized carbons (Fsp3) is 0.500. The lowest BCUT2D eigenvalue weighted by molar-refractivity contribution is -0.127. The SMILES string of the molecule is CC(C)CCNC(=O)C(C)Oc1cccc(Br)c1. The van der Waals surface area contributed by atoms with Crippen molar-refractivity contribution in [2.75, 3.05) is 6.54 Å². The summed E-state index contributed by atoms with van der Waals surface area (Å²) >= 11 is 3.37. The van der Waals surface area contributed by atoms with Gasteiger partial charge >= 0.3 is 0 Å². The van der Waals surface area contributed by atoms with Gasteiger partial charge in [0.25, 0.3) is 5.91 Å². The normalized spacial score (nSPS) is 12.3. The highest BCUT2D eigenvalue weighted by molar-refractivity contribution is 9.10. The van der Waals surface area contributed by atoms with Gasteiger partial charge < -0.3 is 10.1 Å². The Balaban J connectivity index is 2.40. The van der Waals surface area contributed by atoms with Gasteiger partial charge in [-0.15, -0.1) is 0 Å². The van der Waals surface area contributed by atoms with Crippen LogP contribution in [-0.2, 0) is 4.79 Å². The van der Waals surface area contributed by atoms with Crippen LogP contribution in [0.4, 0.5) is 0 Å². The third-order valence-corrected chi connectivity index (χ3v) is 2.99. The van der Waals surface area contributed by atoms with Crippen LogP contribution in [0, 0.1) is 5.92 Å². The highest BCUT2D eigenvalue weighted by Crippen LogP contribution is 2.18. The lowest BCUT2D eigenvalue weighted by Gasteiger charge is -2.15. The van der Waals surface area contributed by atoms with Crippen LogP contribution in [0.15, 0.2) is 28.7 Å². The molecule has 1 amide bonds. The van der Waals surface area contributed by atoms with Crippen molar-refractivity contribution in [2.24, 2.45) is 5.92 Å². The fourth-order valence-electron chi connectivity index (χ4n) is 1.43. The van der Waals surface area contributed by atoms with Crippen molar-refractivity contribution in [1.82, 2.24) is 5.32 Å². The van der Waals surface area contributed by atoms with Crippen molar-refractivity contribution in [3.8, 4) is 5.75 Å². The Kier molecular flexibility index (Phi) is 6.19. The molecule has 0 aliphatic rings. The van der Waals surface area contributed by atoms with E-state index in [2.05, 4.69) is 35.1 Å². The van der Waals surface area contributed by atoms with Crippen molar-refractivity contribution in [1.29, 1.82) is 0 Å². The zero-order valence-corrected chi connectivity index (χ0v) is 12.7. The molecular formula is C14H20BrNO2. The number of benzene rings is 1. The molecule has 3 nitrogen and oxygen atoms in total. The smallest absolute Gasteiger partial charge is 0.260 e. The molecule has 0 heterocycles. The maximum Gasteiger partial charge on any atom is 0.260 e. The molecule has 0 aliphatic carbocycles. The molecule has 0 radical (unpaired) electrons. The zero-order valence-electron chi connectivity index (χ0n) is 11.1. The third-order valence-electron chi connectivity index (χ3n) is 2.50. The first-order valence-electron chi connectivity index (χ1n) is 6.19. The topological polar surface area (TPSA) is 38.3 Å². The number of carbonyl (C=O) groups is 1. The zero-order chi connectivity index (χ0) is 13.5. The largest absolute Gasteiger partial charge is 0.481 e. The van der Waals surface area contributed by atoms with Crippen LogP contribution in [0.1, 0.15) is 27.2 Å². The summed E-state index contributed by atoms with van der Waals surface area (Å²) in [5, 5.41) is 2.87. The van der Waals surface area contributed by atoms with Crippen molar-refractivity contribution >= 4 is 21.8 Å². The summed E-state index contributed by atoms with van der Waals surface area (Å²) in [7, 11) is 0. The molecule has 1 aromatic rings. The average molecular weight is 314 g/mol. The Morgan fingerprint density at radius 1 is 1.39 bits per heavy atom. The summed E-state index contributed by atoms with van der Waals surface area (Å²) in [6, 6.07) is 7.48. The summed E-state index contributed by atoms with van der Waals surface area (Å²) in [5.74, 6) is 1.21. The van der Waals surface area contributed by atoms with Gasteiger partial charge in [-0.2, -0.15) is 0 Å². The molecule has 0 saturated heterocycles. The summed E-state index contributed by atoms with van der Waals surface area (Å²) < 4.78 is 6.51. The first-order valence-corrected chi connectivity index (χ1v) is 6.98. The van der Waals surface area contributed by atoms with E-state index >= 15 is 0 Å². The Morgan fingerprint density at radius 2 is 2.11 bits per heavy atom. The molecule has 1 rings (SSSR count). The second-order valence-electron chi connectivity index (χ2n) is 4.69. The van der Waals surface area contributed by atoms with Crippen LogP contribution in [-0.4, -0.2) is 18.6 Å². The molecule has 0 aromatic heterocycles. The summed E-state index contributed by atoms with van der Waals surface area (Å²) in [5.41, 5.74) is 0. The summed E-state index contributed by atoms with van der Waals surface area (Å²) in [4.78, 5) is 11.8. The number of hydrogen-bond donors (Lipinski definition) is 1. The van der Waals surface area contributed by atoms with Crippen LogP contribution in [0.3, 0.4) is 0 Å². The maximum absolute atomic E-state index is 11.8. The van der Waals surface area contributed by atoms with Crippen LogP contribution in [0.25, 0.3) is 0 Å². The minimum absolute atomic E-state index is 0.0735. The highest BCUT2D eigenvalue weighted by atomic mass is 79.9. The number of halogens is 1. The Labute approximate surface area is 117 Å². The molecule has 1 aromatic carbocycles. The second-order valence-corrected chi connectivity index (χ2v) is 5.61. The van der Waals surface area contributed by atoms with Crippen molar-refractivity contribution in [3.05, 3.63) is 28.7 Å². The van der Waals surface area contributed by atoms with Crippen LogP contribution in [0.5, 0.6) is 5.75 Å². The van der Waals surface area contributed by atoms with Gasteiger partial charge in [0.05, 0.1) is 0 Å². The number of ether oxygens (including phenoxy) is 1. The minimum Gasteiger partial charge on any atom is -0.481 e. The Bertz CT molecular complexity index is 393. The molecule has 0 spiro atoms. The molecule has 0 aliphatic heterocycles. The molecule has 1 unspecified atom stereocenters. The van der Waals surface area contributed by atoms with E-state index in [1.54, 1.807) is 6.92 Å².